The zero-order valence-electron chi connectivity index (χ0n) is 10.5. The van der Waals surface area contributed by atoms with Crippen LogP contribution in [-0.4, -0.2) is 35.7 Å². The first-order valence-corrected chi connectivity index (χ1v) is 6.77. The molecular weight excluding hydrogens is 289 g/mol. The Morgan fingerprint density at radius 1 is 1.47 bits per heavy atom. The smallest absolute Gasteiger partial charge is 0.320 e. The number of hydrogen-bond donors (Lipinski definition) is 1. The van der Waals surface area contributed by atoms with E-state index in [0.29, 0.717) is 28.8 Å². The number of rotatable bonds is 4. The number of aliphatic carboxylic acids is 1. The van der Waals surface area contributed by atoms with Crippen LogP contribution < -0.4 is 4.74 Å². The van der Waals surface area contributed by atoms with E-state index in [1.165, 1.54) is 7.11 Å². The van der Waals surface area contributed by atoms with E-state index in [2.05, 4.69) is 0 Å². The van der Waals surface area contributed by atoms with Crippen LogP contribution in [0.15, 0.2) is 12.1 Å². The monoisotopic (exact) mass is 303 g/mol. The predicted molar refractivity (Wildman–Crippen MR) is 74.1 cm³/mol. The van der Waals surface area contributed by atoms with Crippen LogP contribution in [0.25, 0.3) is 0 Å². The highest BCUT2D eigenvalue weighted by atomic mass is 35.5. The summed E-state index contributed by atoms with van der Waals surface area (Å²) >= 11 is 12.2. The third kappa shape index (κ3) is 3.14. The summed E-state index contributed by atoms with van der Waals surface area (Å²) < 4.78 is 5.09. The van der Waals surface area contributed by atoms with Crippen LogP contribution in [0.1, 0.15) is 18.4 Å². The number of carboxylic acids is 1. The highest BCUT2D eigenvalue weighted by molar-refractivity contribution is 6.34. The maximum atomic E-state index is 11.1. The van der Waals surface area contributed by atoms with E-state index < -0.39 is 12.0 Å². The van der Waals surface area contributed by atoms with Crippen molar-refractivity contribution in [2.24, 2.45) is 0 Å². The van der Waals surface area contributed by atoms with Crippen molar-refractivity contribution in [2.45, 2.75) is 25.4 Å². The quantitative estimate of drug-likeness (QED) is 0.929. The Morgan fingerprint density at radius 2 is 2.21 bits per heavy atom. The van der Waals surface area contributed by atoms with Gasteiger partial charge in [0, 0.05) is 17.6 Å². The second-order valence-corrected chi connectivity index (χ2v) is 5.36. The molecule has 1 aliphatic heterocycles. The molecule has 0 aromatic heterocycles. The van der Waals surface area contributed by atoms with Crippen molar-refractivity contribution in [3.05, 3.63) is 27.7 Å². The molecule has 1 fully saturated rings. The molecule has 1 unspecified atom stereocenters. The molecular formula is C13H15Cl2NO3. The first-order chi connectivity index (χ1) is 9.02. The van der Waals surface area contributed by atoms with Gasteiger partial charge in [-0.25, -0.2) is 0 Å². The van der Waals surface area contributed by atoms with Gasteiger partial charge in [0.05, 0.1) is 12.1 Å². The van der Waals surface area contributed by atoms with Gasteiger partial charge in [-0.05, 0) is 31.0 Å². The zero-order chi connectivity index (χ0) is 14.0. The summed E-state index contributed by atoms with van der Waals surface area (Å²) in [6, 6.07) is 2.96. The molecule has 0 saturated carbocycles. The number of carbonyl (C=O) groups is 1. The summed E-state index contributed by atoms with van der Waals surface area (Å²) in [5, 5.41) is 10.2. The van der Waals surface area contributed by atoms with Crippen LogP contribution in [-0.2, 0) is 11.3 Å². The van der Waals surface area contributed by atoms with E-state index in [1.807, 2.05) is 4.90 Å². The average molecular weight is 304 g/mol. The predicted octanol–water partition coefficient (Wildman–Crippen LogP) is 3.05. The first-order valence-electron chi connectivity index (χ1n) is 6.01. The summed E-state index contributed by atoms with van der Waals surface area (Å²) in [6.45, 7) is 1.25. The number of hydrogen-bond acceptors (Lipinski definition) is 3. The van der Waals surface area contributed by atoms with Crippen molar-refractivity contribution >= 4 is 29.2 Å². The van der Waals surface area contributed by atoms with Crippen molar-refractivity contribution in [1.82, 2.24) is 4.90 Å². The molecule has 104 valence electrons. The first kappa shape index (κ1) is 14.4. The van der Waals surface area contributed by atoms with Crippen LogP contribution in [0.4, 0.5) is 0 Å². The summed E-state index contributed by atoms with van der Waals surface area (Å²) in [4.78, 5) is 13.0. The fourth-order valence-corrected chi connectivity index (χ4v) is 2.84. The molecule has 0 spiro atoms. The van der Waals surface area contributed by atoms with Crippen LogP contribution in [0.2, 0.25) is 10.0 Å². The third-order valence-corrected chi connectivity index (χ3v) is 3.99. The lowest BCUT2D eigenvalue weighted by molar-refractivity contribution is -0.142. The fraction of sp³-hybridized carbons (Fsp3) is 0.462. The minimum absolute atomic E-state index is 0.433. The zero-order valence-corrected chi connectivity index (χ0v) is 12.0. The van der Waals surface area contributed by atoms with Gasteiger partial charge in [-0.1, -0.05) is 23.2 Å². The summed E-state index contributed by atoms with van der Waals surface area (Å²) in [6.07, 6.45) is 1.56. The molecule has 1 aromatic carbocycles. The number of halogens is 2. The van der Waals surface area contributed by atoms with Crippen LogP contribution in [0.3, 0.4) is 0 Å². The highest BCUT2D eigenvalue weighted by Crippen LogP contribution is 2.32. The standard InChI is InChI=1S/C13H15Cl2NO3/c1-19-12-6-9(14)8(5-10(12)15)7-16-4-2-3-11(16)13(17)18/h5-6,11H,2-4,7H2,1H3,(H,17,18). The minimum atomic E-state index is -0.784. The molecule has 2 rings (SSSR count). The van der Waals surface area contributed by atoms with Crippen LogP contribution >= 0.6 is 23.2 Å². The van der Waals surface area contributed by atoms with Crippen molar-refractivity contribution in [3.8, 4) is 5.75 Å². The lowest BCUT2D eigenvalue weighted by atomic mass is 10.1. The Bertz CT molecular complexity index is 493. The molecule has 6 heteroatoms. The lowest BCUT2D eigenvalue weighted by Crippen LogP contribution is -2.35. The van der Waals surface area contributed by atoms with E-state index in [9.17, 15) is 4.79 Å². The van der Waals surface area contributed by atoms with E-state index >= 15 is 0 Å². The molecule has 19 heavy (non-hydrogen) atoms. The minimum Gasteiger partial charge on any atom is -0.495 e. The third-order valence-electron chi connectivity index (χ3n) is 3.34. The number of carboxylic acid groups (broad SMARTS) is 1. The Hall–Kier alpha value is -0.970. The molecule has 1 heterocycles. The molecule has 1 aromatic rings. The molecule has 1 atom stereocenters. The molecule has 0 radical (unpaired) electrons. The van der Waals surface area contributed by atoms with Crippen molar-refractivity contribution < 1.29 is 14.6 Å². The molecule has 0 amide bonds. The van der Waals surface area contributed by atoms with Gasteiger partial charge >= 0.3 is 5.97 Å². The maximum Gasteiger partial charge on any atom is 0.320 e. The molecule has 1 saturated heterocycles. The molecule has 0 bridgehead atoms. The number of likely N-dealkylation sites (tertiary alicyclic amines) is 1. The molecule has 4 nitrogen and oxygen atoms in total. The van der Waals surface area contributed by atoms with Crippen LogP contribution in [0, 0.1) is 0 Å². The van der Waals surface area contributed by atoms with E-state index in [-0.39, 0.29) is 0 Å². The van der Waals surface area contributed by atoms with Crippen molar-refractivity contribution in [3.63, 3.8) is 0 Å². The average Bonchev–Trinajstić information content (AvgIpc) is 2.81. The van der Waals surface area contributed by atoms with Gasteiger partial charge in [0.25, 0.3) is 0 Å². The van der Waals surface area contributed by atoms with Gasteiger partial charge in [-0.2, -0.15) is 0 Å². The number of benzene rings is 1. The van der Waals surface area contributed by atoms with E-state index in [0.717, 1.165) is 18.5 Å². The number of methoxy groups -OCH3 is 1. The van der Waals surface area contributed by atoms with Gasteiger partial charge in [0.15, 0.2) is 0 Å². The molecule has 0 aliphatic carbocycles. The van der Waals surface area contributed by atoms with Crippen molar-refractivity contribution in [1.29, 1.82) is 0 Å². The largest absolute Gasteiger partial charge is 0.495 e. The maximum absolute atomic E-state index is 11.1. The SMILES string of the molecule is COc1cc(Cl)c(CN2CCCC2C(=O)O)cc1Cl. The molecule has 1 N–H and O–H groups in total. The number of nitrogens with zero attached hydrogens (tertiary/aromatic N) is 1. The normalized spacial score (nSPS) is 19.6. The van der Waals surface area contributed by atoms with Gasteiger partial charge < -0.3 is 9.84 Å². The lowest BCUT2D eigenvalue weighted by Gasteiger charge is -2.22. The highest BCUT2D eigenvalue weighted by Gasteiger charge is 2.30. The topological polar surface area (TPSA) is 49.8 Å². The summed E-state index contributed by atoms with van der Waals surface area (Å²) in [7, 11) is 1.53. The van der Waals surface area contributed by atoms with Crippen molar-refractivity contribution in [2.75, 3.05) is 13.7 Å². The fourth-order valence-electron chi connectivity index (χ4n) is 2.36. The van der Waals surface area contributed by atoms with Gasteiger partial charge in [0.2, 0.25) is 0 Å². The Kier molecular flexibility index (Phi) is 4.55. The van der Waals surface area contributed by atoms with E-state index in [4.69, 9.17) is 33.0 Å². The Balaban J connectivity index is 2.19. The second kappa shape index (κ2) is 5.99. The Labute approximate surface area is 121 Å². The second-order valence-electron chi connectivity index (χ2n) is 4.54. The molecule has 1 aliphatic rings. The number of ether oxygens (including phenoxy) is 1. The van der Waals surface area contributed by atoms with Gasteiger partial charge in [0.1, 0.15) is 11.8 Å². The van der Waals surface area contributed by atoms with Gasteiger partial charge in [-0.15, -0.1) is 0 Å². The van der Waals surface area contributed by atoms with Crippen LogP contribution in [0.5, 0.6) is 5.75 Å². The Morgan fingerprint density at radius 3 is 2.84 bits per heavy atom. The van der Waals surface area contributed by atoms with Gasteiger partial charge in [-0.3, -0.25) is 9.69 Å². The summed E-state index contributed by atoms with van der Waals surface area (Å²) in [5.74, 6) is -0.264. The summed E-state index contributed by atoms with van der Waals surface area (Å²) in [5.41, 5.74) is 0.820. The van der Waals surface area contributed by atoms with E-state index in [1.54, 1.807) is 12.1 Å².